The third-order valence-electron chi connectivity index (χ3n) is 3.89. The largest absolute Gasteiger partial charge is 0.342 e. The van der Waals surface area contributed by atoms with Gasteiger partial charge in [-0.2, -0.15) is 0 Å². The number of carbonyl (C=O) groups is 2. The topological polar surface area (TPSA) is 74.8 Å². The molecule has 5 nitrogen and oxygen atoms in total. The Kier molecular flexibility index (Phi) is 7.16. The summed E-state index contributed by atoms with van der Waals surface area (Å²) in [6.45, 7) is 4.20. The number of quaternary nitrogens is 1. The van der Waals surface area contributed by atoms with Crippen LogP contribution in [0.5, 0.6) is 0 Å². The quantitative estimate of drug-likeness (QED) is 0.661. The van der Waals surface area contributed by atoms with Crippen LogP contribution in [0, 0.1) is 6.92 Å². The van der Waals surface area contributed by atoms with Gasteiger partial charge in [-0.25, -0.2) is 0 Å². The normalized spacial score (nSPS) is 11.6. The number of carbonyl (C=O) groups excluding carboxylic acids is 2. The minimum absolute atomic E-state index is 0.0398. The third kappa shape index (κ3) is 6.32. The number of hydrogen-bond acceptors (Lipinski definition) is 2. The Bertz CT molecular complexity index is 735. The molecule has 0 unspecified atom stereocenters. The first-order chi connectivity index (χ1) is 12.0. The summed E-state index contributed by atoms with van der Waals surface area (Å²) in [5.41, 5.74) is 2.87. The molecular weight excluding hydrogens is 382 g/mol. The highest BCUT2D eigenvalue weighted by atomic mass is 79.9. The van der Waals surface area contributed by atoms with E-state index in [1.54, 1.807) is 0 Å². The van der Waals surface area contributed by atoms with E-state index >= 15 is 0 Å². The first-order valence-corrected chi connectivity index (χ1v) is 8.96. The van der Waals surface area contributed by atoms with Crippen LogP contribution in [0.4, 0.5) is 5.69 Å². The van der Waals surface area contributed by atoms with Gasteiger partial charge in [0.25, 0.3) is 5.91 Å². The highest BCUT2D eigenvalue weighted by Crippen LogP contribution is 2.19. The van der Waals surface area contributed by atoms with Crippen LogP contribution in [0.1, 0.15) is 24.1 Å². The van der Waals surface area contributed by atoms with Crippen LogP contribution in [-0.4, -0.2) is 24.9 Å². The Morgan fingerprint density at radius 3 is 2.52 bits per heavy atom. The minimum atomic E-state index is -0.241. The van der Waals surface area contributed by atoms with Crippen molar-refractivity contribution in [1.29, 1.82) is 0 Å². The number of amides is 2. The van der Waals surface area contributed by atoms with Gasteiger partial charge in [0.1, 0.15) is 6.04 Å². The molecule has 0 saturated heterocycles. The van der Waals surface area contributed by atoms with E-state index in [1.165, 1.54) is 5.56 Å². The molecular formula is C19H23BrN3O2+. The van der Waals surface area contributed by atoms with Crippen LogP contribution >= 0.6 is 15.9 Å². The number of hydrogen-bond donors (Lipinski definition) is 3. The van der Waals surface area contributed by atoms with Crippen LogP contribution < -0.4 is 16.0 Å². The second kappa shape index (κ2) is 9.34. The molecule has 0 radical (unpaired) electrons. The molecule has 0 heterocycles. The predicted octanol–water partition coefficient (Wildman–Crippen LogP) is 2.14. The van der Waals surface area contributed by atoms with E-state index in [0.29, 0.717) is 0 Å². The molecule has 0 bridgehead atoms. The first kappa shape index (κ1) is 19.1. The lowest BCUT2D eigenvalue weighted by Crippen LogP contribution is -2.87. The number of aryl methyl sites for hydroxylation is 1. The summed E-state index contributed by atoms with van der Waals surface area (Å²) in [4.78, 5) is 23.9. The molecule has 2 aromatic carbocycles. The van der Waals surface area contributed by atoms with Crippen molar-refractivity contribution in [1.82, 2.24) is 5.32 Å². The zero-order chi connectivity index (χ0) is 18.2. The summed E-state index contributed by atoms with van der Waals surface area (Å²) in [5.74, 6) is -0.402. The van der Waals surface area contributed by atoms with Gasteiger partial charge in [-0.1, -0.05) is 46.3 Å². The van der Waals surface area contributed by atoms with Crippen molar-refractivity contribution in [2.45, 2.75) is 19.9 Å². The van der Waals surface area contributed by atoms with Crippen LogP contribution in [-0.2, 0) is 9.59 Å². The van der Waals surface area contributed by atoms with Crippen molar-refractivity contribution in [3.63, 3.8) is 0 Å². The maximum Gasteiger partial charge on any atom is 0.275 e. The second-order valence-electron chi connectivity index (χ2n) is 5.92. The number of rotatable bonds is 7. The van der Waals surface area contributed by atoms with Gasteiger partial charge in [0.05, 0.1) is 6.54 Å². The van der Waals surface area contributed by atoms with Gasteiger partial charge in [0, 0.05) is 15.7 Å². The monoisotopic (exact) mass is 404 g/mol. The number of benzene rings is 2. The lowest BCUT2D eigenvalue weighted by Gasteiger charge is -2.12. The SMILES string of the molecule is Cc1cc(Br)ccc1NC(=O)CNC(=O)C[NH2+][C@@H](C)c1ccccc1. The average molecular weight is 405 g/mol. The first-order valence-electron chi connectivity index (χ1n) is 8.16. The molecule has 0 saturated carbocycles. The smallest absolute Gasteiger partial charge is 0.275 e. The van der Waals surface area contributed by atoms with Crippen molar-refractivity contribution >= 4 is 33.4 Å². The lowest BCUT2D eigenvalue weighted by molar-refractivity contribution is -0.682. The molecule has 4 N–H and O–H groups in total. The molecule has 2 rings (SSSR count). The Balaban J connectivity index is 1.73. The fraction of sp³-hybridized carbons (Fsp3) is 0.263. The van der Waals surface area contributed by atoms with E-state index in [-0.39, 0.29) is 30.9 Å². The van der Waals surface area contributed by atoms with Gasteiger partial charge in [-0.15, -0.1) is 0 Å². The number of nitrogens with one attached hydrogen (secondary N) is 2. The number of halogens is 1. The molecule has 2 aromatic rings. The van der Waals surface area contributed by atoms with E-state index in [4.69, 9.17) is 0 Å². The average Bonchev–Trinajstić information content (AvgIpc) is 2.61. The molecule has 0 aromatic heterocycles. The molecule has 0 aliphatic rings. The Hall–Kier alpha value is -2.18. The molecule has 2 amide bonds. The van der Waals surface area contributed by atoms with Crippen LogP contribution in [0.25, 0.3) is 0 Å². The highest BCUT2D eigenvalue weighted by Gasteiger charge is 2.12. The Morgan fingerprint density at radius 1 is 1.12 bits per heavy atom. The fourth-order valence-electron chi connectivity index (χ4n) is 2.39. The molecule has 6 heteroatoms. The van der Waals surface area contributed by atoms with E-state index in [1.807, 2.05) is 67.7 Å². The lowest BCUT2D eigenvalue weighted by atomic mass is 10.1. The molecule has 25 heavy (non-hydrogen) atoms. The van der Waals surface area contributed by atoms with E-state index in [0.717, 1.165) is 15.7 Å². The predicted molar refractivity (Wildman–Crippen MR) is 102 cm³/mol. The Morgan fingerprint density at radius 2 is 1.84 bits per heavy atom. The van der Waals surface area contributed by atoms with Crippen molar-refractivity contribution in [2.24, 2.45) is 0 Å². The van der Waals surface area contributed by atoms with Gasteiger partial charge < -0.3 is 16.0 Å². The van der Waals surface area contributed by atoms with Crippen LogP contribution in [0.3, 0.4) is 0 Å². The summed E-state index contributed by atoms with van der Waals surface area (Å²) >= 11 is 3.38. The third-order valence-corrected chi connectivity index (χ3v) is 4.38. The van der Waals surface area contributed by atoms with E-state index in [9.17, 15) is 9.59 Å². The van der Waals surface area contributed by atoms with Crippen molar-refractivity contribution in [3.8, 4) is 0 Å². The summed E-state index contributed by atoms with van der Waals surface area (Å²) in [7, 11) is 0. The van der Waals surface area contributed by atoms with Gasteiger partial charge >= 0.3 is 0 Å². The molecule has 0 spiro atoms. The molecule has 132 valence electrons. The van der Waals surface area contributed by atoms with E-state index in [2.05, 4.69) is 26.6 Å². The second-order valence-corrected chi connectivity index (χ2v) is 6.84. The maximum absolute atomic E-state index is 12.0. The molecule has 0 fully saturated rings. The number of anilines is 1. The summed E-state index contributed by atoms with van der Waals surface area (Å²) < 4.78 is 0.958. The molecule has 1 atom stereocenters. The summed E-state index contributed by atoms with van der Waals surface area (Å²) in [5, 5.41) is 7.39. The van der Waals surface area contributed by atoms with Gasteiger partial charge in [0.15, 0.2) is 6.54 Å². The highest BCUT2D eigenvalue weighted by molar-refractivity contribution is 9.10. The zero-order valence-corrected chi connectivity index (χ0v) is 16.0. The van der Waals surface area contributed by atoms with Crippen molar-refractivity contribution < 1.29 is 14.9 Å². The summed E-state index contributed by atoms with van der Waals surface area (Å²) in [6.07, 6.45) is 0. The standard InChI is InChI=1S/C19H22BrN3O2/c1-13-10-16(20)8-9-17(13)23-19(25)12-22-18(24)11-21-14(2)15-6-4-3-5-7-15/h3-10,14,21H,11-12H2,1-2H3,(H,22,24)(H,23,25)/p+1/t14-/m0/s1. The molecule has 0 aliphatic carbocycles. The maximum atomic E-state index is 12.0. The van der Waals surface area contributed by atoms with Crippen molar-refractivity contribution in [3.05, 3.63) is 64.1 Å². The van der Waals surface area contributed by atoms with Gasteiger partial charge in [-0.05, 0) is 37.6 Å². The minimum Gasteiger partial charge on any atom is -0.342 e. The fourth-order valence-corrected chi connectivity index (χ4v) is 2.86. The zero-order valence-electron chi connectivity index (χ0n) is 14.4. The van der Waals surface area contributed by atoms with Crippen molar-refractivity contribution in [2.75, 3.05) is 18.4 Å². The summed E-state index contributed by atoms with van der Waals surface area (Å²) in [6, 6.07) is 15.8. The van der Waals surface area contributed by atoms with E-state index < -0.39 is 0 Å². The van der Waals surface area contributed by atoms with Crippen LogP contribution in [0.2, 0.25) is 0 Å². The number of nitrogens with two attached hydrogens (primary N) is 1. The van der Waals surface area contributed by atoms with Gasteiger partial charge in [0.2, 0.25) is 5.91 Å². The Labute approximate surface area is 156 Å². The molecule has 0 aliphatic heterocycles. The van der Waals surface area contributed by atoms with Gasteiger partial charge in [-0.3, -0.25) is 9.59 Å². The van der Waals surface area contributed by atoms with Crippen LogP contribution in [0.15, 0.2) is 53.0 Å².